The molecule has 2 rings (SSSR count). The van der Waals surface area contributed by atoms with Gasteiger partial charge in [0.1, 0.15) is 0 Å². The van der Waals surface area contributed by atoms with E-state index in [-0.39, 0.29) is 16.0 Å². The molecule has 9 nitrogen and oxygen atoms in total. The Kier molecular flexibility index (Phi) is 2.47. The van der Waals surface area contributed by atoms with E-state index in [1.165, 1.54) is 17.9 Å². The molecule has 0 aromatic carbocycles. The summed E-state index contributed by atoms with van der Waals surface area (Å²) in [7, 11) is -2.28. The first-order valence-corrected chi connectivity index (χ1v) is 6.21. The Bertz CT molecular complexity index is 567. The maximum absolute atomic E-state index is 11.9. The van der Waals surface area contributed by atoms with E-state index in [1.54, 1.807) is 0 Å². The maximum Gasteiger partial charge on any atom is 0.283 e. The lowest BCUT2D eigenvalue weighted by Gasteiger charge is -2.05. The normalized spacial score (nSPS) is 11.6. The fraction of sp³-hybridized carbons (Fsp3) is 0.200. The summed E-state index contributed by atoms with van der Waals surface area (Å²) >= 11 is 0.826. The lowest BCUT2D eigenvalue weighted by Crippen LogP contribution is -2.17. The standard InChI is InChI=1S/C5H7N7O2S2/c1-12-2-7-3(6)4(12)16(13,14)9-5-8-10-11-15-5/h2H,6H2,1H3,(H,8,9,11). The highest BCUT2D eigenvalue weighted by atomic mass is 32.2. The molecule has 0 radical (unpaired) electrons. The molecule has 0 aliphatic rings. The second-order valence-corrected chi connectivity index (χ2v) is 5.15. The number of hydrogen-bond acceptors (Lipinski definition) is 8. The molecule has 0 saturated carbocycles. The Balaban J connectivity index is 2.40. The van der Waals surface area contributed by atoms with Crippen LogP contribution >= 0.6 is 11.5 Å². The molecule has 0 saturated heterocycles. The minimum Gasteiger partial charge on any atom is -0.381 e. The first-order chi connectivity index (χ1) is 7.50. The van der Waals surface area contributed by atoms with Gasteiger partial charge in [-0.1, -0.05) is 9.59 Å². The number of imidazole rings is 1. The minimum atomic E-state index is -3.81. The predicted octanol–water partition coefficient (Wildman–Crippen LogP) is -0.950. The second kappa shape index (κ2) is 3.68. The molecular weight excluding hydrogens is 254 g/mol. The third-order valence-electron chi connectivity index (χ3n) is 1.69. The quantitative estimate of drug-likeness (QED) is 0.728. The van der Waals surface area contributed by atoms with Crippen molar-refractivity contribution in [3.8, 4) is 0 Å². The summed E-state index contributed by atoms with van der Waals surface area (Å²) in [5.41, 5.74) is 5.46. The summed E-state index contributed by atoms with van der Waals surface area (Å²) in [5, 5.41) is 6.69. The first kappa shape index (κ1) is 10.8. The van der Waals surface area contributed by atoms with Crippen molar-refractivity contribution in [2.24, 2.45) is 7.05 Å². The molecule has 11 heteroatoms. The van der Waals surface area contributed by atoms with Crippen LogP contribution in [0, 0.1) is 0 Å². The van der Waals surface area contributed by atoms with Crippen LogP contribution in [0.15, 0.2) is 11.4 Å². The van der Waals surface area contributed by atoms with Gasteiger partial charge in [0.2, 0.25) is 5.13 Å². The van der Waals surface area contributed by atoms with Crippen molar-refractivity contribution in [2.75, 3.05) is 10.5 Å². The Morgan fingerprint density at radius 1 is 1.56 bits per heavy atom. The lowest BCUT2D eigenvalue weighted by atomic mass is 10.8. The van der Waals surface area contributed by atoms with E-state index in [9.17, 15) is 8.42 Å². The van der Waals surface area contributed by atoms with Gasteiger partial charge in [0.15, 0.2) is 10.8 Å². The summed E-state index contributed by atoms with van der Waals surface area (Å²) < 4.78 is 30.6. The van der Waals surface area contributed by atoms with E-state index >= 15 is 0 Å². The molecule has 0 spiro atoms. The van der Waals surface area contributed by atoms with Crippen molar-refractivity contribution in [3.63, 3.8) is 0 Å². The van der Waals surface area contributed by atoms with Crippen molar-refractivity contribution in [1.82, 2.24) is 24.4 Å². The van der Waals surface area contributed by atoms with Gasteiger partial charge in [-0.3, -0.25) is 4.72 Å². The Labute approximate surface area is 94.5 Å². The van der Waals surface area contributed by atoms with Crippen molar-refractivity contribution in [1.29, 1.82) is 0 Å². The maximum atomic E-state index is 11.9. The van der Waals surface area contributed by atoms with E-state index < -0.39 is 10.0 Å². The molecule has 2 aromatic rings. The molecule has 2 heterocycles. The van der Waals surface area contributed by atoms with Crippen LogP contribution in [0.5, 0.6) is 0 Å². The van der Waals surface area contributed by atoms with Crippen LogP contribution in [0.3, 0.4) is 0 Å². The van der Waals surface area contributed by atoms with Crippen LogP contribution in [0.1, 0.15) is 0 Å². The van der Waals surface area contributed by atoms with Gasteiger partial charge in [0.25, 0.3) is 10.0 Å². The van der Waals surface area contributed by atoms with Gasteiger partial charge in [-0.05, 0) is 5.21 Å². The van der Waals surface area contributed by atoms with E-state index in [0.29, 0.717) is 0 Å². The molecule has 0 bridgehead atoms. The largest absolute Gasteiger partial charge is 0.381 e. The first-order valence-electron chi connectivity index (χ1n) is 3.95. The number of anilines is 2. The zero-order valence-electron chi connectivity index (χ0n) is 8.02. The highest BCUT2D eigenvalue weighted by molar-refractivity contribution is 7.93. The van der Waals surface area contributed by atoms with Crippen molar-refractivity contribution in [3.05, 3.63) is 6.33 Å². The highest BCUT2D eigenvalue weighted by Gasteiger charge is 2.23. The molecule has 0 unspecified atom stereocenters. The molecule has 16 heavy (non-hydrogen) atoms. The summed E-state index contributed by atoms with van der Waals surface area (Å²) in [6.45, 7) is 0. The third kappa shape index (κ3) is 1.81. The fourth-order valence-corrected chi connectivity index (χ4v) is 2.92. The average molecular weight is 261 g/mol. The topological polar surface area (TPSA) is 129 Å². The molecule has 86 valence electrons. The number of nitrogens with zero attached hydrogens (tertiary/aromatic N) is 5. The fourth-order valence-electron chi connectivity index (χ4n) is 1.10. The minimum absolute atomic E-state index is 0.0700. The summed E-state index contributed by atoms with van der Waals surface area (Å²) in [6, 6.07) is 0. The molecule has 2 aromatic heterocycles. The van der Waals surface area contributed by atoms with Gasteiger partial charge in [-0.15, -0.1) is 0 Å². The van der Waals surface area contributed by atoms with E-state index in [0.717, 1.165) is 11.5 Å². The van der Waals surface area contributed by atoms with Crippen molar-refractivity contribution < 1.29 is 8.42 Å². The molecule has 0 aliphatic heterocycles. The van der Waals surface area contributed by atoms with Gasteiger partial charge in [0, 0.05) is 18.6 Å². The highest BCUT2D eigenvalue weighted by Crippen LogP contribution is 2.19. The number of aromatic nitrogens is 5. The van der Waals surface area contributed by atoms with E-state index in [4.69, 9.17) is 5.73 Å². The molecule has 0 atom stereocenters. The van der Waals surface area contributed by atoms with Crippen LogP contribution in [-0.4, -0.2) is 32.8 Å². The van der Waals surface area contributed by atoms with Crippen molar-refractivity contribution in [2.45, 2.75) is 5.03 Å². The summed E-state index contributed by atoms with van der Waals surface area (Å²) in [4.78, 5) is 3.69. The molecule has 0 aliphatic carbocycles. The van der Waals surface area contributed by atoms with E-state index in [1.807, 2.05) is 0 Å². The second-order valence-electron chi connectivity index (χ2n) is 2.82. The number of nitrogens with two attached hydrogens (primary N) is 1. The lowest BCUT2D eigenvalue weighted by molar-refractivity contribution is 0.591. The van der Waals surface area contributed by atoms with Crippen LogP contribution in [0.2, 0.25) is 0 Å². The van der Waals surface area contributed by atoms with Gasteiger partial charge < -0.3 is 10.3 Å². The number of hydrogen-bond donors (Lipinski definition) is 2. The van der Waals surface area contributed by atoms with Crippen LogP contribution < -0.4 is 10.5 Å². The summed E-state index contributed by atoms with van der Waals surface area (Å²) in [6.07, 6.45) is 1.31. The number of sulfonamides is 1. The number of nitrogen functional groups attached to an aromatic ring is 1. The Morgan fingerprint density at radius 2 is 2.31 bits per heavy atom. The number of aryl methyl sites for hydroxylation is 1. The monoisotopic (exact) mass is 261 g/mol. The number of rotatable bonds is 3. The van der Waals surface area contributed by atoms with Crippen LogP contribution in [0.25, 0.3) is 0 Å². The smallest absolute Gasteiger partial charge is 0.283 e. The zero-order chi connectivity index (χ0) is 11.8. The SMILES string of the molecule is Cn1cnc(N)c1S(=O)(=O)Nc1nnns1. The molecule has 3 N–H and O–H groups in total. The van der Waals surface area contributed by atoms with Crippen LogP contribution in [-0.2, 0) is 17.1 Å². The van der Waals surface area contributed by atoms with Crippen LogP contribution in [0.4, 0.5) is 10.9 Å². The summed E-state index contributed by atoms with van der Waals surface area (Å²) in [5.74, 6) is -0.0764. The van der Waals surface area contributed by atoms with Gasteiger partial charge >= 0.3 is 0 Å². The third-order valence-corrected chi connectivity index (χ3v) is 3.79. The van der Waals surface area contributed by atoms with Gasteiger partial charge in [-0.2, -0.15) is 8.42 Å². The van der Waals surface area contributed by atoms with Gasteiger partial charge in [0.05, 0.1) is 6.33 Å². The number of nitrogens with one attached hydrogen (secondary N) is 1. The van der Waals surface area contributed by atoms with E-state index in [2.05, 4.69) is 24.5 Å². The average Bonchev–Trinajstić information content (AvgIpc) is 2.76. The predicted molar refractivity (Wildman–Crippen MR) is 56.1 cm³/mol. The molecular formula is C5H7N7O2S2. The zero-order valence-corrected chi connectivity index (χ0v) is 9.66. The van der Waals surface area contributed by atoms with Crippen molar-refractivity contribution >= 4 is 32.5 Å². The molecule has 0 amide bonds. The van der Waals surface area contributed by atoms with Gasteiger partial charge in [-0.25, -0.2) is 4.98 Å². The molecule has 0 fully saturated rings. The Morgan fingerprint density at radius 3 is 2.81 bits per heavy atom. The Hall–Kier alpha value is -1.75.